The lowest BCUT2D eigenvalue weighted by atomic mass is 10.1. The van der Waals surface area contributed by atoms with Gasteiger partial charge < -0.3 is 0 Å². The van der Waals surface area contributed by atoms with Crippen LogP contribution in [0.2, 0.25) is 0 Å². The van der Waals surface area contributed by atoms with E-state index in [1.54, 1.807) is 11.3 Å². The van der Waals surface area contributed by atoms with E-state index in [1.807, 2.05) is 0 Å². The van der Waals surface area contributed by atoms with Gasteiger partial charge >= 0.3 is 0 Å². The van der Waals surface area contributed by atoms with Crippen molar-refractivity contribution in [2.45, 2.75) is 13.8 Å². The average molecular weight is 302 g/mol. The lowest BCUT2D eigenvalue weighted by molar-refractivity contribution is 1.11. The lowest BCUT2D eigenvalue weighted by Gasteiger charge is -2.10. The van der Waals surface area contributed by atoms with Crippen molar-refractivity contribution in [3.05, 3.63) is 59.8 Å². The predicted molar refractivity (Wildman–Crippen MR) is 95.1 cm³/mol. The molecule has 5 rings (SSSR count). The second-order valence-corrected chi connectivity index (χ2v) is 6.81. The molecule has 0 N–H and O–H groups in total. The van der Waals surface area contributed by atoms with Crippen LogP contribution in [0.25, 0.3) is 36.9 Å². The molecule has 2 nitrogen and oxygen atoms in total. The zero-order valence-electron chi connectivity index (χ0n) is 12.4. The number of rotatable bonds is 0. The second kappa shape index (κ2) is 4.08. The molecule has 0 amide bonds. The summed E-state index contributed by atoms with van der Waals surface area (Å²) in [5.41, 5.74) is 4.94. The molecular weight excluding hydrogens is 288 g/mol. The fourth-order valence-corrected chi connectivity index (χ4v) is 4.50. The minimum absolute atomic E-state index is 1.07. The molecule has 0 spiro atoms. The predicted octanol–water partition coefficient (Wildman–Crippen LogP) is 5.47. The lowest BCUT2D eigenvalue weighted by Crippen LogP contribution is -1.97. The van der Waals surface area contributed by atoms with E-state index in [0.29, 0.717) is 0 Å². The monoisotopic (exact) mass is 302 g/mol. The number of hydrogen-bond acceptors (Lipinski definition) is 2. The molecule has 0 saturated heterocycles. The molecule has 3 heterocycles. The SMILES string of the molecule is Cc1c(C)n2c(nc3sc4ccccc4c32)c2ccccc12. The summed E-state index contributed by atoms with van der Waals surface area (Å²) >= 11 is 1.78. The van der Waals surface area contributed by atoms with Crippen molar-refractivity contribution in [3.8, 4) is 0 Å². The molecule has 3 aromatic heterocycles. The first-order valence-electron chi connectivity index (χ1n) is 7.43. The number of benzene rings is 2. The van der Waals surface area contributed by atoms with E-state index < -0.39 is 0 Å². The Kier molecular flexibility index (Phi) is 2.26. The molecular formula is C19H14N2S. The average Bonchev–Trinajstić information content (AvgIpc) is 3.08. The third kappa shape index (κ3) is 1.37. The molecule has 0 bridgehead atoms. The summed E-state index contributed by atoms with van der Waals surface area (Å²) in [6, 6.07) is 17.1. The molecule has 0 fully saturated rings. The number of fused-ring (bicyclic) bond motifs is 7. The quantitative estimate of drug-likeness (QED) is 0.370. The van der Waals surface area contributed by atoms with Gasteiger partial charge in [-0.05, 0) is 30.9 Å². The van der Waals surface area contributed by atoms with Gasteiger partial charge in [-0.15, -0.1) is 11.3 Å². The van der Waals surface area contributed by atoms with Crippen LogP contribution in [0.5, 0.6) is 0 Å². The smallest absolute Gasteiger partial charge is 0.147 e. The Morgan fingerprint density at radius 3 is 2.36 bits per heavy atom. The van der Waals surface area contributed by atoms with Crippen molar-refractivity contribution in [3.63, 3.8) is 0 Å². The number of pyridine rings is 1. The molecule has 22 heavy (non-hydrogen) atoms. The van der Waals surface area contributed by atoms with Gasteiger partial charge in [0.15, 0.2) is 0 Å². The van der Waals surface area contributed by atoms with Gasteiger partial charge in [-0.25, -0.2) is 4.98 Å². The number of thiophene rings is 1. The van der Waals surface area contributed by atoms with Gasteiger partial charge in [-0.2, -0.15) is 0 Å². The van der Waals surface area contributed by atoms with Gasteiger partial charge in [0, 0.05) is 21.2 Å². The molecule has 0 aliphatic rings. The Bertz CT molecular complexity index is 1190. The number of aromatic nitrogens is 2. The van der Waals surface area contributed by atoms with E-state index in [1.165, 1.54) is 37.6 Å². The number of nitrogens with zero attached hydrogens (tertiary/aromatic N) is 2. The summed E-state index contributed by atoms with van der Waals surface area (Å²) < 4.78 is 3.64. The fourth-order valence-electron chi connectivity index (χ4n) is 3.44. The molecule has 0 atom stereocenters. The van der Waals surface area contributed by atoms with Gasteiger partial charge in [0.25, 0.3) is 0 Å². The van der Waals surface area contributed by atoms with Crippen molar-refractivity contribution in [1.29, 1.82) is 0 Å². The third-order valence-corrected chi connectivity index (χ3v) is 5.70. The van der Waals surface area contributed by atoms with E-state index >= 15 is 0 Å². The van der Waals surface area contributed by atoms with Crippen LogP contribution in [0, 0.1) is 13.8 Å². The minimum Gasteiger partial charge on any atom is -0.295 e. The number of hydrogen-bond donors (Lipinski definition) is 0. The normalized spacial score (nSPS) is 12.1. The molecule has 106 valence electrons. The summed E-state index contributed by atoms with van der Waals surface area (Å²) in [5, 5.41) is 3.83. The maximum atomic E-state index is 4.96. The van der Waals surface area contributed by atoms with Crippen molar-refractivity contribution < 1.29 is 0 Å². The molecule has 0 saturated carbocycles. The van der Waals surface area contributed by atoms with Gasteiger partial charge in [-0.1, -0.05) is 42.5 Å². The topological polar surface area (TPSA) is 17.3 Å². The third-order valence-electron chi connectivity index (χ3n) is 4.64. The van der Waals surface area contributed by atoms with E-state index in [4.69, 9.17) is 4.98 Å². The molecule has 0 radical (unpaired) electrons. The summed E-state index contributed by atoms with van der Waals surface area (Å²) in [7, 11) is 0. The summed E-state index contributed by atoms with van der Waals surface area (Å²) in [6.45, 7) is 4.40. The highest BCUT2D eigenvalue weighted by atomic mass is 32.1. The summed E-state index contributed by atoms with van der Waals surface area (Å²) in [5.74, 6) is 0. The Labute approximate surface area is 131 Å². The largest absolute Gasteiger partial charge is 0.295 e. The molecule has 0 unspecified atom stereocenters. The van der Waals surface area contributed by atoms with Crippen LogP contribution in [0.3, 0.4) is 0 Å². The zero-order valence-corrected chi connectivity index (χ0v) is 13.2. The Morgan fingerprint density at radius 1 is 0.864 bits per heavy atom. The van der Waals surface area contributed by atoms with Crippen LogP contribution in [0.1, 0.15) is 11.3 Å². The van der Waals surface area contributed by atoms with E-state index in [0.717, 1.165) is 10.5 Å². The molecule has 3 heteroatoms. The Hall–Kier alpha value is -2.39. The molecule has 2 aromatic carbocycles. The highest BCUT2D eigenvalue weighted by Crippen LogP contribution is 2.37. The van der Waals surface area contributed by atoms with Crippen molar-refractivity contribution in [2.24, 2.45) is 0 Å². The van der Waals surface area contributed by atoms with Crippen LogP contribution < -0.4 is 0 Å². The van der Waals surface area contributed by atoms with Gasteiger partial charge in [0.2, 0.25) is 0 Å². The first-order valence-corrected chi connectivity index (χ1v) is 8.25. The van der Waals surface area contributed by atoms with E-state index in [2.05, 4.69) is 66.8 Å². The highest BCUT2D eigenvalue weighted by Gasteiger charge is 2.17. The zero-order chi connectivity index (χ0) is 14.8. The number of aryl methyl sites for hydroxylation is 2. The van der Waals surface area contributed by atoms with Crippen molar-refractivity contribution in [1.82, 2.24) is 9.38 Å². The summed E-state index contributed by atoms with van der Waals surface area (Å²) in [6.07, 6.45) is 0. The fraction of sp³-hybridized carbons (Fsp3) is 0.105. The van der Waals surface area contributed by atoms with Crippen LogP contribution in [-0.2, 0) is 0 Å². The van der Waals surface area contributed by atoms with Crippen molar-refractivity contribution >= 4 is 48.2 Å². The Balaban J connectivity index is 2.16. The van der Waals surface area contributed by atoms with Crippen LogP contribution in [0.4, 0.5) is 0 Å². The highest BCUT2D eigenvalue weighted by molar-refractivity contribution is 7.25. The molecule has 5 aromatic rings. The van der Waals surface area contributed by atoms with Crippen LogP contribution in [0.15, 0.2) is 48.5 Å². The van der Waals surface area contributed by atoms with E-state index in [-0.39, 0.29) is 0 Å². The Morgan fingerprint density at radius 2 is 1.55 bits per heavy atom. The van der Waals surface area contributed by atoms with Gasteiger partial charge in [0.05, 0.1) is 5.52 Å². The molecule has 0 aliphatic carbocycles. The maximum absolute atomic E-state index is 4.96. The van der Waals surface area contributed by atoms with Crippen LogP contribution >= 0.6 is 11.3 Å². The molecule has 0 aliphatic heterocycles. The first kappa shape index (κ1) is 12.2. The summed E-state index contributed by atoms with van der Waals surface area (Å²) in [4.78, 5) is 6.09. The maximum Gasteiger partial charge on any atom is 0.147 e. The second-order valence-electron chi connectivity index (χ2n) is 5.78. The number of imidazole rings is 1. The standard InChI is InChI=1S/C19H14N2S/c1-11-12(2)21-17-15-9-5-6-10-16(15)22-19(17)20-18(21)14-8-4-3-7-13(11)14/h3-10H,1-2H3. The van der Waals surface area contributed by atoms with Crippen molar-refractivity contribution in [2.75, 3.05) is 0 Å². The minimum atomic E-state index is 1.07. The van der Waals surface area contributed by atoms with Gasteiger partial charge in [-0.3, -0.25) is 4.40 Å². The first-order chi connectivity index (χ1) is 10.8. The van der Waals surface area contributed by atoms with Crippen LogP contribution in [-0.4, -0.2) is 9.38 Å². The van der Waals surface area contributed by atoms with Gasteiger partial charge in [0.1, 0.15) is 10.5 Å². The van der Waals surface area contributed by atoms with E-state index in [9.17, 15) is 0 Å².